The average Bonchev–Trinajstić information content (AvgIpc) is 3.72. The third-order valence-electron chi connectivity index (χ3n) is 13.8. The molecule has 0 fully saturated rings. The molecular weight excluding hydrogens is 869 g/mol. The molecule has 0 unspecified atom stereocenters. The minimum Gasteiger partial charge on any atom is -0.507 e. The summed E-state index contributed by atoms with van der Waals surface area (Å²) in [6, 6.07) is 55.9. The SMILES string of the molecule is CC(C)(C)c1cc(-c2cc(-c3cc(C(C)(C)C)cc(C(C)(C)C)c3O)nc(N(c3cc(-c4ccccc4)cc(-c4ncnc5c4oc4ccccc45)c3)c3cccc4ccccc34)c2)cc(C(C)(C)C)c1. The molecule has 71 heavy (non-hydrogen) atoms. The molecule has 0 saturated carbocycles. The molecule has 0 aliphatic heterocycles. The lowest BCUT2D eigenvalue weighted by Gasteiger charge is -2.30. The quantitative estimate of drug-likeness (QED) is 0.172. The van der Waals surface area contributed by atoms with Gasteiger partial charge in [-0.1, -0.05) is 186 Å². The van der Waals surface area contributed by atoms with Crippen LogP contribution in [-0.4, -0.2) is 20.1 Å². The second-order valence-corrected chi connectivity index (χ2v) is 23.3. The van der Waals surface area contributed by atoms with Crippen molar-refractivity contribution in [2.75, 3.05) is 4.90 Å². The minimum atomic E-state index is -0.349. The van der Waals surface area contributed by atoms with Crippen molar-refractivity contribution in [1.82, 2.24) is 15.0 Å². The monoisotopic (exact) mass is 933 g/mol. The molecule has 356 valence electrons. The van der Waals surface area contributed by atoms with Crippen molar-refractivity contribution in [1.29, 1.82) is 0 Å². The Morgan fingerprint density at radius 1 is 0.479 bits per heavy atom. The third kappa shape index (κ3) is 9.08. The molecular formula is C65H64N4O2. The maximum absolute atomic E-state index is 12.6. The van der Waals surface area contributed by atoms with Crippen molar-refractivity contribution >= 4 is 50.0 Å². The van der Waals surface area contributed by atoms with E-state index in [0.717, 1.165) is 77.6 Å². The van der Waals surface area contributed by atoms with Crippen LogP contribution in [0.15, 0.2) is 168 Å². The lowest BCUT2D eigenvalue weighted by molar-refractivity contribution is 0.446. The molecule has 6 heteroatoms. The molecule has 0 bridgehead atoms. The van der Waals surface area contributed by atoms with Gasteiger partial charge in [-0.2, -0.15) is 0 Å². The number of para-hydroxylation sites is 1. The van der Waals surface area contributed by atoms with Gasteiger partial charge >= 0.3 is 0 Å². The molecule has 6 nitrogen and oxygen atoms in total. The molecule has 0 amide bonds. The molecule has 3 heterocycles. The van der Waals surface area contributed by atoms with Crippen LogP contribution >= 0.6 is 0 Å². The number of hydrogen-bond acceptors (Lipinski definition) is 6. The Bertz CT molecular complexity index is 3610. The highest BCUT2D eigenvalue weighted by Crippen LogP contribution is 2.48. The van der Waals surface area contributed by atoms with Gasteiger partial charge in [0.2, 0.25) is 0 Å². The van der Waals surface area contributed by atoms with E-state index >= 15 is 0 Å². The fraction of sp³-hybridized carbons (Fsp3) is 0.246. The van der Waals surface area contributed by atoms with Crippen LogP contribution in [-0.2, 0) is 21.7 Å². The lowest BCUT2D eigenvalue weighted by atomic mass is 9.78. The first-order valence-corrected chi connectivity index (χ1v) is 24.8. The third-order valence-corrected chi connectivity index (χ3v) is 13.8. The Labute approximate surface area is 419 Å². The highest BCUT2D eigenvalue weighted by molar-refractivity contribution is 6.07. The maximum atomic E-state index is 12.6. The number of rotatable bonds is 7. The number of hydrogen-bond donors (Lipinski definition) is 1. The van der Waals surface area contributed by atoms with E-state index in [1.54, 1.807) is 6.33 Å². The zero-order valence-electron chi connectivity index (χ0n) is 43.2. The summed E-state index contributed by atoms with van der Waals surface area (Å²) in [5.41, 5.74) is 14.7. The van der Waals surface area contributed by atoms with E-state index in [0.29, 0.717) is 28.4 Å². The number of pyridine rings is 1. The summed E-state index contributed by atoms with van der Waals surface area (Å²) < 4.78 is 6.61. The van der Waals surface area contributed by atoms with Gasteiger partial charge in [-0.15, -0.1) is 0 Å². The Morgan fingerprint density at radius 2 is 1.07 bits per heavy atom. The predicted molar refractivity (Wildman–Crippen MR) is 298 cm³/mol. The summed E-state index contributed by atoms with van der Waals surface area (Å²) in [6.07, 6.45) is 1.63. The average molecular weight is 933 g/mol. The number of aromatic hydroxyl groups is 1. The van der Waals surface area contributed by atoms with Gasteiger partial charge in [0, 0.05) is 33.2 Å². The van der Waals surface area contributed by atoms with Crippen molar-refractivity contribution in [3.63, 3.8) is 0 Å². The first kappa shape index (κ1) is 47.1. The molecule has 10 rings (SSSR count). The van der Waals surface area contributed by atoms with Gasteiger partial charge < -0.3 is 9.52 Å². The van der Waals surface area contributed by atoms with E-state index in [4.69, 9.17) is 19.4 Å². The van der Waals surface area contributed by atoms with Gasteiger partial charge in [-0.05, 0) is 121 Å². The predicted octanol–water partition coefficient (Wildman–Crippen LogP) is 18.0. The van der Waals surface area contributed by atoms with Crippen molar-refractivity contribution in [3.05, 3.63) is 186 Å². The Kier molecular flexibility index (Phi) is 11.5. The lowest BCUT2D eigenvalue weighted by Crippen LogP contribution is -2.17. The van der Waals surface area contributed by atoms with E-state index in [-0.39, 0.29) is 27.4 Å². The summed E-state index contributed by atoms with van der Waals surface area (Å²) in [6.45, 7) is 26.9. The van der Waals surface area contributed by atoms with E-state index in [2.05, 4.69) is 215 Å². The summed E-state index contributed by atoms with van der Waals surface area (Å²) in [5, 5.41) is 15.7. The number of fused-ring (bicyclic) bond motifs is 4. The van der Waals surface area contributed by atoms with E-state index in [9.17, 15) is 5.11 Å². The normalized spacial score (nSPS) is 12.6. The fourth-order valence-electron chi connectivity index (χ4n) is 9.63. The van der Waals surface area contributed by atoms with Crippen LogP contribution in [0.4, 0.5) is 17.2 Å². The molecule has 3 aromatic heterocycles. The Balaban J connectivity index is 1.34. The molecule has 0 radical (unpaired) electrons. The van der Waals surface area contributed by atoms with Crippen LogP contribution in [0.3, 0.4) is 0 Å². The van der Waals surface area contributed by atoms with Crippen molar-refractivity contribution < 1.29 is 9.52 Å². The van der Waals surface area contributed by atoms with Gasteiger partial charge in [-0.3, -0.25) is 4.90 Å². The number of phenolic OH excluding ortho intramolecular Hbond substituents is 1. The van der Waals surface area contributed by atoms with Crippen molar-refractivity contribution in [2.24, 2.45) is 0 Å². The van der Waals surface area contributed by atoms with Gasteiger partial charge in [0.05, 0.1) is 11.4 Å². The smallest absolute Gasteiger partial charge is 0.180 e. The number of aromatic nitrogens is 3. The van der Waals surface area contributed by atoms with Crippen LogP contribution in [0.2, 0.25) is 0 Å². The van der Waals surface area contributed by atoms with Crippen LogP contribution in [0.5, 0.6) is 5.75 Å². The first-order valence-electron chi connectivity index (χ1n) is 24.8. The second-order valence-electron chi connectivity index (χ2n) is 23.3. The summed E-state index contributed by atoms with van der Waals surface area (Å²) in [5.74, 6) is 0.932. The molecule has 0 aliphatic rings. The van der Waals surface area contributed by atoms with Gasteiger partial charge in [0.25, 0.3) is 0 Å². The Morgan fingerprint density at radius 3 is 1.76 bits per heavy atom. The highest BCUT2D eigenvalue weighted by atomic mass is 16.3. The van der Waals surface area contributed by atoms with Crippen LogP contribution in [0, 0.1) is 0 Å². The zero-order chi connectivity index (χ0) is 50.2. The number of nitrogens with zero attached hydrogens (tertiary/aromatic N) is 4. The molecule has 7 aromatic carbocycles. The van der Waals surface area contributed by atoms with Crippen LogP contribution in [0.25, 0.3) is 77.6 Å². The van der Waals surface area contributed by atoms with Gasteiger partial charge in [-0.25, -0.2) is 15.0 Å². The maximum Gasteiger partial charge on any atom is 0.180 e. The summed E-state index contributed by atoms with van der Waals surface area (Å²) >= 11 is 0. The second kappa shape index (κ2) is 17.4. The Hall–Kier alpha value is -7.57. The standard InChI is InChI=1S/C65H64N4O2/c1-62(2,3)46-30-43(31-47(36-46)63(4,5)6)44-34-54(52-37-48(64(7,8)9)38-53(60(52)70)65(10,11)12)68-57(35-44)69(55-27-20-24-41-23-16-17-25-50(41)55)49-32-42(40-21-14-13-15-22-40)29-45(33-49)58-61-59(67-39-66-58)51-26-18-19-28-56(51)71-61/h13-39,70H,1-12H3. The van der Waals surface area contributed by atoms with Gasteiger partial charge in [0.15, 0.2) is 5.58 Å². The van der Waals surface area contributed by atoms with Crippen molar-refractivity contribution in [2.45, 2.75) is 105 Å². The van der Waals surface area contributed by atoms with E-state index in [1.165, 1.54) is 11.1 Å². The van der Waals surface area contributed by atoms with Crippen molar-refractivity contribution in [3.8, 4) is 50.5 Å². The molecule has 0 aliphatic carbocycles. The number of benzene rings is 7. The number of phenols is 1. The minimum absolute atomic E-state index is 0.120. The first-order chi connectivity index (χ1) is 33.6. The van der Waals surface area contributed by atoms with E-state index < -0.39 is 0 Å². The molecule has 10 aromatic rings. The molecule has 0 atom stereocenters. The topological polar surface area (TPSA) is 75.3 Å². The van der Waals surface area contributed by atoms with Crippen LogP contribution < -0.4 is 4.90 Å². The largest absolute Gasteiger partial charge is 0.507 e. The molecule has 0 spiro atoms. The summed E-state index contributed by atoms with van der Waals surface area (Å²) in [4.78, 5) is 17.7. The fourth-order valence-corrected chi connectivity index (χ4v) is 9.63. The molecule has 1 N–H and O–H groups in total. The van der Waals surface area contributed by atoms with Gasteiger partial charge in [0.1, 0.15) is 34.7 Å². The van der Waals surface area contributed by atoms with E-state index in [1.807, 2.05) is 30.3 Å². The summed E-state index contributed by atoms with van der Waals surface area (Å²) in [7, 11) is 0. The highest BCUT2D eigenvalue weighted by Gasteiger charge is 2.29. The van der Waals surface area contributed by atoms with Crippen LogP contribution in [0.1, 0.15) is 105 Å². The number of furan rings is 1. The number of anilines is 3. The zero-order valence-corrected chi connectivity index (χ0v) is 43.2. The molecule has 0 saturated heterocycles.